The summed E-state index contributed by atoms with van der Waals surface area (Å²) < 4.78 is 18.9. The second-order valence-corrected chi connectivity index (χ2v) is 4.43. The van der Waals surface area contributed by atoms with Gasteiger partial charge in [0.1, 0.15) is 29.8 Å². The van der Waals surface area contributed by atoms with Crippen LogP contribution in [0.1, 0.15) is 22.3 Å². The van der Waals surface area contributed by atoms with Crippen molar-refractivity contribution < 1.29 is 9.13 Å². The SMILES string of the molecule is Cc1ccc(COc2cccc(F)c2C#N)cc1C. The highest BCUT2D eigenvalue weighted by Crippen LogP contribution is 2.21. The third-order valence-corrected chi connectivity index (χ3v) is 3.05. The molecule has 0 aliphatic heterocycles. The van der Waals surface area contributed by atoms with Gasteiger partial charge in [0.05, 0.1) is 0 Å². The zero-order valence-corrected chi connectivity index (χ0v) is 10.9. The molecule has 3 heteroatoms. The minimum Gasteiger partial charge on any atom is -0.487 e. The molecular weight excluding hydrogens is 241 g/mol. The largest absolute Gasteiger partial charge is 0.487 e. The molecule has 2 aromatic carbocycles. The highest BCUT2D eigenvalue weighted by Gasteiger charge is 2.08. The maximum atomic E-state index is 13.4. The molecule has 0 heterocycles. The van der Waals surface area contributed by atoms with E-state index in [1.54, 1.807) is 6.07 Å². The molecule has 0 bridgehead atoms. The number of aryl methyl sites for hydroxylation is 2. The Morgan fingerprint density at radius 3 is 2.63 bits per heavy atom. The van der Waals surface area contributed by atoms with Gasteiger partial charge >= 0.3 is 0 Å². The van der Waals surface area contributed by atoms with Crippen LogP contribution in [0.25, 0.3) is 0 Å². The maximum Gasteiger partial charge on any atom is 0.144 e. The molecule has 0 saturated carbocycles. The lowest BCUT2D eigenvalue weighted by Gasteiger charge is -2.09. The van der Waals surface area contributed by atoms with Crippen molar-refractivity contribution in [2.45, 2.75) is 20.5 Å². The van der Waals surface area contributed by atoms with Crippen molar-refractivity contribution in [2.24, 2.45) is 0 Å². The number of rotatable bonds is 3. The van der Waals surface area contributed by atoms with Crippen molar-refractivity contribution in [2.75, 3.05) is 0 Å². The van der Waals surface area contributed by atoms with Crippen molar-refractivity contribution in [3.8, 4) is 11.8 Å². The lowest BCUT2D eigenvalue weighted by atomic mass is 10.1. The van der Waals surface area contributed by atoms with Gasteiger partial charge in [0.15, 0.2) is 0 Å². The van der Waals surface area contributed by atoms with E-state index in [1.807, 2.05) is 38.1 Å². The van der Waals surface area contributed by atoms with E-state index >= 15 is 0 Å². The van der Waals surface area contributed by atoms with Gasteiger partial charge < -0.3 is 4.74 Å². The third-order valence-electron chi connectivity index (χ3n) is 3.05. The van der Waals surface area contributed by atoms with Crippen molar-refractivity contribution in [1.82, 2.24) is 0 Å². The molecule has 96 valence electrons. The number of nitrogens with zero attached hydrogens (tertiary/aromatic N) is 1. The van der Waals surface area contributed by atoms with Crippen LogP contribution in [0, 0.1) is 31.0 Å². The second kappa shape index (κ2) is 5.53. The Balaban J connectivity index is 2.17. The Morgan fingerprint density at radius 2 is 1.95 bits per heavy atom. The fraction of sp³-hybridized carbons (Fsp3) is 0.188. The second-order valence-electron chi connectivity index (χ2n) is 4.43. The van der Waals surface area contributed by atoms with Crippen molar-refractivity contribution in [3.63, 3.8) is 0 Å². The quantitative estimate of drug-likeness (QED) is 0.833. The van der Waals surface area contributed by atoms with Gasteiger partial charge in [-0.3, -0.25) is 0 Å². The van der Waals surface area contributed by atoms with E-state index in [4.69, 9.17) is 10.00 Å². The molecule has 0 fully saturated rings. The van der Waals surface area contributed by atoms with E-state index in [-0.39, 0.29) is 11.3 Å². The van der Waals surface area contributed by atoms with E-state index in [1.165, 1.54) is 23.3 Å². The summed E-state index contributed by atoms with van der Waals surface area (Å²) in [7, 11) is 0. The summed E-state index contributed by atoms with van der Waals surface area (Å²) in [6, 6.07) is 12.2. The predicted molar refractivity (Wildman–Crippen MR) is 71.4 cm³/mol. The number of ether oxygens (including phenoxy) is 1. The fourth-order valence-corrected chi connectivity index (χ4v) is 1.79. The van der Waals surface area contributed by atoms with Crippen LogP contribution in [0.2, 0.25) is 0 Å². The van der Waals surface area contributed by atoms with Crippen LogP contribution in [0.15, 0.2) is 36.4 Å². The molecule has 0 atom stereocenters. The van der Waals surface area contributed by atoms with Crippen molar-refractivity contribution in [3.05, 3.63) is 64.5 Å². The number of benzene rings is 2. The fourth-order valence-electron chi connectivity index (χ4n) is 1.79. The van der Waals surface area contributed by atoms with Crippen LogP contribution in [0.3, 0.4) is 0 Å². The maximum absolute atomic E-state index is 13.4. The summed E-state index contributed by atoms with van der Waals surface area (Å²) in [6.45, 7) is 4.39. The Labute approximate surface area is 112 Å². The van der Waals surface area contributed by atoms with E-state index in [0.29, 0.717) is 6.61 Å². The highest BCUT2D eigenvalue weighted by molar-refractivity contribution is 5.44. The average molecular weight is 255 g/mol. The Kier molecular flexibility index (Phi) is 3.82. The number of halogens is 1. The predicted octanol–water partition coefficient (Wildman–Crippen LogP) is 3.89. The standard InChI is InChI=1S/C16H14FNO/c1-11-6-7-13(8-12(11)2)10-19-16-5-3-4-15(17)14(16)9-18/h3-8H,10H2,1-2H3. The molecule has 0 unspecified atom stereocenters. The topological polar surface area (TPSA) is 33.0 Å². The van der Waals surface area contributed by atoms with Crippen LogP contribution >= 0.6 is 0 Å². The van der Waals surface area contributed by atoms with Crippen LogP contribution in [-0.4, -0.2) is 0 Å². The summed E-state index contributed by atoms with van der Waals surface area (Å²) in [4.78, 5) is 0. The van der Waals surface area contributed by atoms with Gasteiger partial charge in [0.25, 0.3) is 0 Å². The third kappa shape index (κ3) is 2.92. The minimum absolute atomic E-state index is 0.0497. The molecule has 0 spiro atoms. The molecule has 2 aromatic rings. The first-order valence-corrected chi connectivity index (χ1v) is 5.99. The molecule has 0 aliphatic rings. The zero-order valence-electron chi connectivity index (χ0n) is 10.9. The van der Waals surface area contributed by atoms with Crippen LogP contribution < -0.4 is 4.74 Å². The van der Waals surface area contributed by atoms with E-state index < -0.39 is 5.82 Å². The van der Waals surface area contributed by atoms with Crippen molar-refractivity contribution in [1.29, 1.82) is 5.26 Å². The van der Waals surface area contributed by atoms with Gasteiger partial charge in [-0.1, -0.05) is 24.3 Å². The summed E-state index contributed by atoms with van der Waals surface area (Å²) in [5.74, 6) is -0.277. The molecule has 19 heavy (non-hydrogen) atoms. The molecule has 0 radical (unpaired) electrons. The average Bonchev–Trinajstić information content (AvgIpc) is 2.40. The lowest BCUT2D eigenvalue weighted by molar-refractivity contribution is 0.303. The molecule has 0 aromatic heterocycles. The number of hydrogen-bond acceptors (Lipinski definition) is 2. The monoisotopic (exact) mass is 255 g/mol. The molecular formula is C16H14FNO. The van der Waals surface area contributed by atoms with Gasteiger partial charge in [-0.05, 0) is 42.7 Å². The van der Waals surface area contributed by atoms with Gasteiger partial charge in [-0.25, -0.2) is 4.39 Å². The van der Waals surface area contributed by atoms with E-state index in [9.17, 15) is 4.39 Å². The Hall–Kier alpha value is -2.34. The Bertz CT molecular complexity index is 644. The Morgan fingerprint density at radius 1 is 1.16 bits per heavy atom. The normalized spacial score (nSPS) is 10.0. The van der Waals surface area contributed by atoms with E-state index in [2.05, 4.69) is 0 Å². The molecule has 0 saturated heterocycles. The van der Waals surface area contributed by atoms with Crippen LogP contribution in [0.4, 0.5) is 4.39 Å². The molecule has 2 rings (SSSR count). The first kappa shape index (κ1) is 13.1. The summed E-state index contributed by atoms with van der Waals surface area (Å²) in [5, 5.41) is 8.91. The summed E-state index contributed by atoms with van der Waals surface area (Å²) in [5.41, 5.74) is 3.34. The van der Waals surface area contributed by atoms with Crippen LogP contribution in [0.5, 0.6) is 5.75 Å². The number of hydrogen-bond donors (Lipinski definition) is 0. The number of nitriles is 1. The summed E-state index contributed by atoms with van der Waals surface area (Å²) in [6.07, 6.45) is 0. The molecule has 0 aliphatic carbocycles. The van der Waals surface area contributed by atoms with Gasteiger partial charge in [0.2, 0.25) is 0 Å². The zero-order chi connectivity index (χ0) is 13.8. The van der Waals surface area contributed by atoms with Crippen LogP contribution in [-0.2, 0) is 6.61 Å². The molecule has 2 nitrogen and oxygen atoms in total. The first-order valence-electron chi connectivity index (χ1n) is 5.99. The molecule has 0 N–H and O–H groups in total. The molecule has 0 amide bonds. The smallest absolute Gasteiger partial charge is 0.144 e. The first-order chi connectivity index (χ1) is 9.11. The van der Waals surface area contributed by atoms with Crippen molar-refractivity contribution >= 4 is 0 Å². The van der Waals surface area contributed by atoms with Gasteiger partial charge in [-0.15, -0.1) is 0 Å². The highest BCUT2D eigenvalue weighted by atomic mass is 19.1. The summed E-state index contributed by atoms with van der Waals surface area (Å²) >= 11 is 0. The van der Waals surface area contributed by atoms with E-state index in [0.717, 1.165) is 5.56 Å². The van der Waals surface area contributed by atoms with Gasteiger partial charge in [-0.2, -0.15) is 5.26 Å². The lowest BCUT2D eigenvalue weighted by Crippen LogP contribution is -1.99. The van der Waals surface area contributed by atoms with Gasteiger partial charge in [0, 0.05) is 0 Å². The minimum atomic E-state index is -0.555.